The molecule has 0 saturated heterocycles. The lowest BCUT2D eigenvalue weighted by Gasteiger charge is -2.19. The van der Waals surface area contributed by atoms with Crippen LogP contribution in [0.4, 0.5) is 0 Å². The maximum Gasteiger partial charge on any atom is 0.222 e. The summed E-state index contributed by atoms with van der Waals surface area (Å²) in [7, 11) is 0. The summed E-state index contributed by atoms with van der Waals surface area (Å²) in [6, 6.07) is 7.89. The zero-order valence-corrected chi connectivity index (χ0v) is 11.7. The van der Waals surface area contributed by atoms with Gasteiger partial charge in [-0.25, -0.2) is 0 Å². The summed E-state index contributed by atoms with van der Waals surface area (Å²) in [6.07, 6.45) is 0.335. The van der Waals surface area contributed by atoms with Crippen LogP contribution >= 0.6 is 0 Å². The molecule has 3 heteroatoms. The molecule has 0 heterocycles. The highest BCUT2D eigenvalue weighted by molar-refractivity contribution is 5.77. The topological polar surface area (TPSA) is 55.1 Å². The number of amides is 1. The van der Waals surface area contributed by atoms with Crippen LogP contribution in [-0.4, -0.2) is 11.9 Å². The van der Waals surface area contributed by atoms with Gasteiger partial charge in [0, 0.05) is 18.5 Å². The lowest BCUT2D eigenvalue weighted by molar-refractivity contribution is -0.122. The highest BCUT2D eigenvalue weighted by Crippen LogP contribution is 2.18. The number of rotatable bonds is 5. The van der Waals surface area contributed by atoms with Gasteiger partial charge in [-0.1, -0.05) is 38.1 Å². The Morgan fingerprint density at radius 1 is 1.28 bits per heavy atom. The second kappa shape index (κ2) is 6.55. The summed E-state index contributed by atoms with van der Waals surface area (Å²) in [5, 5.41) is 2.98. The van der Waals surface area contributed by atoms with E-state index >= 15 is 0 Å². The van der Waals surface area contributed by atoms with E-state index in [2.05, 4.69) is 19.2 Å². The Labute approximate surface area is 110 Å². The summed E-state index contributed by atoms with van der Waals surface area (Å²) >= 11 is 0. The van der Waals surface area contributed by atoms with Gasteiger partial charge in [-0.05, 0) is 30.9 Å². The van der Waals surface area contributed by atoms with E-state index < -0.39 is 0 Å². The number of nitrogens with two attached hydrogens (primary N) is 1. The molecule has 0 aliphatic heterocycles. The standard InChI is InChI=1S/C15H24N2O/c1-10(2)12(4)17-15(18)9-14(16)13-8-6-5-7-11(13)3/h5-8,10,12,14H,9,16H2,1-4H3,(H,17,18)/t12-,14+/m1/s1. The Bertz CT molecular complexity index is 401. The van der Waals surface area contributed by atoms with E-state index in [9.17, 15) is 4.79 Å². The van der Waals surface area contributed by atoms with Gasteiger partial charge >= 0.3 is 0 Å². The molecule has 0 unspecified atom stereocenters. The lowest BCUT2D eigenvalue weighted by atomic mass is 9.99. The van der Waals surface area contributed by atoms with Crippen molar-refractivity contribution in [2.75, 3.05) is 0 Å². The zero-order chi connectivity index (χ0) is 13.7. The van der Waals surface area contributed by atoms with Crippen molar-refractivity contribution in [3.05, 3.63) is 35.4 Å². The van der Waals surface area contributed by atoms with E-state index in [1.165, 1.54) is 0 Å². The van der Waals surface area contributed by atoms with Crippen molar-refractivity contribution in [2.24, 2.45) is 11.7 Å². The molecule has 18 heavy (non-hydrogen) atoms. The van der Waals surface area contributed by atoms with Crippen LogP contribution < -0.4 is 11.1 Å². The Kier molecular flexibility index (Phi) is 5.35. The lowest BCUT2D eigenvalue weighted by Crippen LogP contribution is -2.37. The smallest absolute Gasteiger partial charge is 0.222 e. The molecular formula is C15H24N2O. The first-order chi connectivity index (χ1) is 8.41. The van der Waals surface area contributed by atoms with Gasteiger partial charge in [-0.15, -0.1) is 0 Å². The Balaban J connectivity index is 2.58. The third-order valence-corrected chi connectivity index (χ3v) is 3.38. The second-order valence-electron chi connectivity index (χ2n) is 5.27. The van der Waals surface area contributed by atoms with Gasteiger partial charge < -0.3 is 11.1 Å². The number of benzene rings is 1. The molecule has 0 saturated carbocycles. The molecule has 0 radical (unpaired) electrons. The third-order valence-electron chi connectivity index (χ3n) is 3.38. The third kappa shape index (κ3) is 4.15. The summed E-state index contributed by atoms with van der Waals surface area (Å²) in [4.78, 5) is 11.9. The molecule has 3 nitrogen and oxygen atoms in total. The largest absolute Gasteiger partial charge is 0.353 e. The zero-order valence-electron chi connectivity index (χ0n) is 11.7. The van der Waals surface area contributed by atoms with Gasteiger partial charge in [-0.2, -0.15) is 0 Å². The molecule has 0 aromatic heterocycles. The molecule has 0 spiro atoms. The van der Waals surface area contributed by atoms with Gasteiger partial charge in [-0.3, -0.25) is 4.79 Å². The van der Waals surface area contributed by atoms with Crippen LogP contribution in [0, 0.1) is 12.8 Å². The van der Waals surface area contributed by atoms with Gasteiger partial charge in [0.2, 0.25) is 5.91 Å². The summed E-state index contributed by atoms with van der Waals surface area (Å²) in [5.74, 6) is 0.454. The quantitative estimate of drug-likeness (QED) is 0.841. The fourth-order valence-electron chi connectivity index (χ4n) is 1.79. The van der Waals surface area contributed by atoms with Crippen molar-refractivity contribution >= 4 is 5.91 Å². The maximum absolute atomic E-state index is 11.9. The Hall–Kier alpha value is -1.35. The molecule has 0 aliphatic carbocycles. The number of carbonyl (C=O) groups is 1. The van der Waals surface area contributed by atoms with E-state index in [1.54, 1.807) is 0 Å². The number of aryl methyl sites for hydroxylation is 1. The van der Waals surface area contributed by atoms with Crippen LogP contribution in [0.15, 0.2) is 24.3 Å². The van der Waals surface area contributed by atoms with Crippen LogP contribution in [0.2, 0.25) is 0 Å². The van der Waals surface area contributed by atoms with Crippen molar-refractivity contribution in [1.29, 1.82) is 0 Å². The molecule has 0 bridgehead atoms. The average molecular weight is 248 g/mol. The SMILES string of the molecule is Cc1ccccc1[C@@H](N)CC(=O)N[C@H](C)C(C)C. The molecule has 2 atom stereocenters. The molecule has 100 valence electrons. The molecular weight excluding hydrogens is 224 g/mol. The van der Waals surface area contributed by atoms with Gasteiger partial charge in [0.15, 0.2) is 0 Å². The molecule has 0 aliphatic rings. The number of nitrogens with one attached hydrogen (secondary N) is 1. The van der Waals surface area contributed by atoms with Gasteiger partial charge in [0.05, 0.1) is 0 Å². The predicted molar refractivity (Wildman–Crippen MR) is 75.2 cm³/mol. The fourth-order valence-corrected chi connectivity index (χ4v) is 1.79. The highest BCUT2D eigenvalue weighted by atomic mass is 16.1. The van der Waals surface area contributed by atoms with Crippen LogP contribution in [0.25, 0.3) is 0 Å². The van der Waals surface area contributed by atoms with Crippen LogP contribution in [0.3, 0.4) is 0 Å². The van der Waals surface area contributed by atoms with E-state index in [1.807, 2.05) is 38.1 Å². The van der Waals surface area contributed by atoms with E-state index in [-0.39, 0.29) is 18.0 Å². The van der Waals surface area contributed by atoms with Crippen LogP contribution in [-0.2, 0) is 4.79 Å². The van der Waals surface area contributed by atoms with Crippen molar-refractivity contribution in [3.8, 4) is 0 Å². The Morgan fingerprint density at radius 2 is 1.89 bits per heavy atom. The number of hydrogen-bond acceptors (Lipinski definition) is 2. The molecule has 1 amide bonds. The van der Waals surface area contributed by atoms with Gasteiger partial charge in [0.25, 0.3) is 0 Å². The normalized spacial score (nSPS) is 14.3. The molecule has 3 N–H and O–H groups in total. The maximum atomic E-state index is 11.9. The number of hydrogen-bond donors (Lipinski definition) is 2. The van der Waals surface area contributed by atoms with Crippen molar-refractivity contribution in [1.82, 2.24) is 5.32 Å². The Morgan fingerprint density at radius 3 is 2.44 bits per heavy atom. The minimum Gasteiger partial charge on any atom is -0.353 e. The molecule has 1 aromatic carbocycles. The van der Waals surface area contributed by atoms with Crippen molar-refractivity contribution in [3.63, 3.8) is 0 Å². The van der Waals surface area contributed by atoms with E-state index in [0.717, 1.165) is 11.1 Å². The first-order valence-electron chi connectivity index (χ1n) is 6.52. The first kappa shape index (κ1) is 14.7. The summed E-state index contributed by atoms with van der Waals surface area (Å²) in [5.41, 5.74) is 8.27. The predicted octanol–water partition coefficient (Wildman–Crippen LogP) is 2.55. The molecule has 0 fully saturated rings. The first-order valence-corrected chi connectivity index (χ1v) is 6.52. The number of carbonyl (C=O) groups excluding carboxylic acids is 1. The van der Waals surface area contributed by atoms with Gasteiger partial charge in [0.1, 0.15) is 0 Å². The molecule has 1 aromatic rings. The molecule has 1 rings (SSSR count). The van der Waals surface area contributed by atoms with E-state index in [0.29, 0.717) is 12.3 Å². The van der Waals surface area contributed by atoms with Crippen LogP contribution in [0.1, 0.15) is 44.4 Å². The van der Waals surface area contributed by atoms with E-state index in [4.69, 9.17) is 5.73 Å². The van der Waals surface area contributed by atoms with Crippen molar-refractivity contribution in [2.45, 2.75) is 46.2 Å². The average Bonchev–Trinajstić information content (AvgIpc) is 2.28. The second-order valence-corrected chi connectivity index (χ2v) is 5.27. The minimum atomic E-state index is -0.231. The highest BCUT2D eigenvalue weighted by Gasteiger charge is 2.16. The minimum absolute atomic E-state index is 0.0203. The monoisotopic (exact) mass is 248 g/mol. The summed E-state index contributed by atoms with van der Waals surface area (Å²) in [6.45, 7) is 8.21. The van der Waals surface area contributed by atoms with Crippen LogP contribution in [0.5, 0.6) is 0 Å². The fraction of sp³-hybridized carbons (Fsp3) is 0.533. The summed E-state index contributed by atoms with van der Waals surface area (Å²) < 4.78 is 0. The van der Waals surface area contributed by atoms with Crippen molar-refractivity contribution < 1.29 is 4.79 Å².